The van der Waals surface area contributed by atoms with Gasteiger partial charge in [0.1, 0.15) is 0 Å². The van der Waals surface area contributed by atoms with Gasteiger partial charge in [0.25, 0.3) is 0 Å². The van der Waals surface area contributed by atoms with Crippen LogP contribution in [0.4, 0.5) is 5.69 Å². The molecular weight excluding hydrogens is 238 g/mol. The van der Waals surface area contributed by atoms with E-state index in [9.17, 15) is 4.79 Å². The lowest BCUT2D eigenvalue weighted by molar-refractivity contribution is -0.116. The molecule has 1 rings (SSSR count). The average molecular weight is 263 g/mol. The number of anilines is 1. The van der Waals surface area contributed by atoms with E-state index in [1.54, 1.807) is 0 Å². The predicted octanol–water partition coefficient (Wildman–Crippen LogP) is 1.86. The summed E-state index contributed by atoms with van der Waals surface area (Å²) in [6.07, 6.45) is 1.61. The molecule has 1 amide bonds. The molecule has 0 bridgehead atoms. The number of aryl methyl sites for hydroxylation is 1. The number of nitrogens with zero attached hydrogens (tertiary/aromatic N) is 1. The van der Waals surface area contributed by atoms with Crippen LogP contribution < -0.4 is 10.6 Å². The number of carbonyl (C=O) groups excluding carboxylic acids is 1. The van der Waals surface area contributed by atoms with Crippen molar-refractivity contribution in [2.45, 2.75) is 19.8 Å². The van der Waals surface area contributed by atoms with E-state index in [0.29, 0.717) is 6.42 Å². The second kappa shape index (κ2) is 8.67. The largest absolute Gasteiger partial charge is 0.326 e. The molecule has 0 saturated heterocycles. The minimum absolute atomic E-state index is 0.0592. The summed E-state index contributed by atoms with van der Waals surface area (Å²) in [5.74, 6) is 0.0592. The molecule has 1 aromatic carbocycles. The first-order chi connectivity index (χ1) is 9.08. The first-order valence-corrected chi connectivity index (χ1v) is 6.80. The molecular formula is C15H25N3O. The van der Waals surface area contributed by atoms with Gasteiger partial charge in [-0.3, -0.25) is 4.79 Å². The van der Waals surface area contributed by atoms with Gasteiger partial charge in [-0.2, -0.15) is 0 Å². The fraction of sp³-hybridized carbons (Fsp3) is 0.533. The number of hydrogen-bond acceptors (Lipinski definition) is 3. The van der Waals surface area contributed by atoms with E-state index in [1.165, 1.54) is 5.56 Å². The molecule has 4 nitrogen and oxygen atoms in total. The summed E-state index contributed by atoms with van der Waals surface area (Å²) in [5.41, 5.74) is 2.06. The Morgan fingerprint density at radius 1 is 1.16 bits per heavy atom. The number of rotatable bonds is 8. The van der Waals surface area contributed by atoms with Crippen LogP contribution in [-0.4, -0.2) is 44.5 Å². The Morgan fingerprint density at radius 3 is 2.47 bits per heavy atom. The fourth-order valence-electron chi connectivity index (χ4n) is 1.71. The van der Waals surface area contributed by atoms with E-state index >= 15 is 0 Å². The summed E-state index contributed by atoms with van der Waals surface area (Å²) in [5, 5.41) is 6.17. The quantitative estimate of drug-likeness (QED) is 0.704. The topological polar surface area (TPSA) is 44.4 Å². The van der Waals surface area contributed by atoms with Gasteiger partial charge in [-0.1, -0.05) is 17.7 Å². The summed E-state index contributed by atoms with van der Waals surface area (Å²) in [4.78, 5) is 13.8. The highest BCUT2D eigenvalue weighted by Crippen LogP contribution is 2.08. The second-order valence-corrected chi connectivity index (χ2v) is 5.07. The number of amides is 1. The van der Waals surface area contributed by atoms with Crippen molar-refractivity contribution < 1.29 is 4.79 Å². The molecule has 0 fully saturated rings. The van der Waals surface area contributed by atoms with E-state index in [1.807, 2.05) is 31.2 Å². The van der Waals surface area contributed by atoms with Crippen molar-refractivity contribution in [2.75, 3.05) is 39.0 Å². The molecule has 19 heavy (non-hydrogen) atoms. The van der Waals surface area contributed by atoms with Crippen molar-refractivity contribution in [3.8, 4) is 0 Å². The van der Waals surface area contributed by atoms with E-state index < -0.39 is 0 Å². The van der Waals surface area contributed by atoms with Crippen molar-refractivity contribution in [2.24, 2.45) is 0 Å². The Kier molecular flexibility index (Phi) is 7.15. The Balaban J connectivity index is 2.09. The van der Waals surface area contributed by atoms with Gasteiger partial charge in [0.15, 0.2) is 0 Å². The van der Waals surface area contributed by atoms with Crippen LogP contribution in [0.2, 0.25) is 0 Å². The second-order valence-electron chi connectivity index (χ2n) is 5.07. The maximum Gasteiger partial charge on any atom is 0.225 e. The van der Waals surface area contributed by atoms with Gasteiger partial charge in [-0.25, -0.2) is 0 Å². The number of hydrogen-bond donors (Lipinski definition) is 2. The molecule has 106 valence electrons. The van der Waals surface area contributed by atoms with Crippen LogP contribution in [-0.2, 0) is 4.79 Å². The van der Waals surface area contributed by atoms with Crippen LogP contribution in [0.5, 0.6) is 0 Å². The Morgan fingerprint density at radius 2 is 1.84 bits per heavy atom. The highest BCUT2D eigenvalue weighted by Gasteiger charge is 2.01. The predicted molar refractivity (Wildman–Crippen MR) is 80.5 cm³/mol. The van der Waals surface area contributed by atoms with Crippen molar-refractivity contribution >= 4 is 11.6 Å². The molecule has 0 radical (unpaired) electrons. The maximum absolute atomic E-state index is 11.7. The van der Waals surface area contributed by atoms with Crippen molar-refractivity contribution in [1.29, 1.82) is 0 Å². The fourth-order valence-corrected chi connectivity index (χ4v) is 1.71. The normalized spacial score (nSPS) is 10.7. The van der Waals surface area contributed by atoms with E-state index in [-0.39, 0.29) is 5.91 Å². The third-order valence-corrected chi connectivity index (χ3v) is 2.82. The lowest BCUT2D eigenvalue weighted by Crippen LogP contribution is -2.25. The Bertz CT molecular complexity index is 373. The monoisotopic (exact) mass is 263 g/mol. The van der Waals surface area contributed by atoms with Crippen molar-refractivity contribution in [1.82, 2.24) is 10.2 Å². The third-order valence-electron chi connectivity index (χ3n) is 2.82. The number of carbonyl (C=O) groups is 1. The highest BCUT2D eigenvalue weighted by molar-refractivity contribution is 5.90. The maximum atomic E-state index is 11.7. The van der Waals surface area contributed by atoms with E-state index in [4.69, 9.17) is 0 Å². The molecule has 0 aliphatic carbocycles. The SMILES string of the molecule is Cc1ccc(NC(=O)CCNCCCN(C)C)cc1. The zero-order valence-corrected chi connectivity index (χ0v) is 12.2. The van der Waals surface area contributed by atoms with Gasteiger partial charge in [-0.05, 0) is 52.7 Å². The number of benzene rings is 1. The van der Waals surface area contributed by atoms with Crippen LogP contribution >= 0.6 is 0 Å². The van der Waals surface area contributed by atoms with E-state index in [2.05, 4.69) is 29.6 Å². The van der Waals surface area contributed by atoms with Crippen molar-refractivity contribution in [3.63, 3.8) is 0 Å². The van der Waals surface area contributed by atoms with Crippen LogP contribution in [0.3, 0.4) is 0 Å². The molecule has 1 aromatic rings. The lowest BCUT2D eigenvalue weighted by Gasteiger charge is -2.10. The zero-order chi connectivity index (χ0) is 14.1. The summed E-state index contributed by atoms with van der Waals surface area (Å²) >= 11 is 0. The van der Waals surface area contributed by atoms with E-state index in [0.717, 1.165) is 31.7 Å². The summed E-state index contributed by atoms with van der Waals surface area (Å²) < 4.78 is 0. The molecule has 2 N–H and O–H groups in total. The lowest BCUT2D eigenvalue weighted by atomic mass is 10.2. The van der Waals surface area contributed by atoms with Gasteiger partial charge >= 0.3 is 0 Å². The Labute approximate surface area is 116 Å². The molecule has 0 aliphatic heterocycles. The standard InChI is InChI=1S/C15H25N3O/c1-13-5-7-14(8-6-13)17-15(19)9-11-16-10-4-12-18(2)3/h5-8,16H,4,9-12H2,1-3H3,(H,17,19). The average Bonchev–Trinajstić information content (AvgIpc) is 2.36. The molecule has 0 spiro atoms. The smallest absolute Gasteiger partial charge is 0.225 e. The van der Waals surface area contributed by atoms with Gasteiger partial charge in [-0.15, -0.1) is 0 Å². The number of nitrogens with one attached hydrogen (secondary N) is 2. The van der Waals surface area contributed by atoms with Crippen LogP contribution in [0, 0.1) is 6.92 Å². The summed E-state index contributed by atoms with van der Waals surface area (Å²) in [7, 11) is 4.13. The third kappa shape index (κ3) is 7.59. The van der Waals surface area contributed by atoms with Crippen LogP contribution in [0.1, 0.15) is 18.4 Å². The molecule has 0 aromatic heterocycles. The minimum Gasteiger partial charge on any atom is -0.326 e. The molecule has 0 saturated carbocycles. The van der Waals surface area contributed by atoms with Crippen LogP contribution in [0.25, 0.3) is 0 Å². The first-order valence-electron chi connectivity index (χ1n) is 6.80. The molecule has 4 heteroatoms. The first kappa shape index (κ1) is 15.7. The highest BCUT2D eigenvalue weighted by atomic mass is 16.1. The molecule has 0 aliphatic rings. The van der Waals surface area contributed by atoms with Gasteiger partial charge < -0.3 is 15.5 Å². The Hall–Kier alpha value is -1.39. The van der Waals surface area contributed by atoms with Gasteiger partial charge in [0.05, 0.1) is 0 Å². The van der Waals surface area contributed by atoms with Gasteiger partial charge in [0, 0.05) is 18.7 Å². The zero-order valence-electron chi connectivity index (χ0n) is 12.2. The molecule has 0 heterocycles. The summed E-state index contributed by atoms with van der Waals surface area (Å²) in [6.45, 7) is 4.78. The molecule has 0 unspecified atom stereocenters. The van der Waals surface area contributed by atoms with Crippen molar-refractivity contribution in [3.05, 3.63) is 29.8 Å². The molecule has 0 atom stereocenters. The summed E-state index contributed by atoms with van der Waals surface area (Å²) in [6, 6.07) is 7.85. The minimum atomic E-state index is 0.0592. The van der Waals surface area contributed by atoms with Crippen LogP contribution in [0.15, 0.2) is 24.3 Å². The van der Waals surface area contributed by atoms with Gasteiger partial charge in [0.2, 0.25) is 5.91 Å².